The fourth-order valence-electron chi connectivity index (χ4n) is 2.05. The largest absolute Gasteiger partial charge is 0.342 e. The van der Waals surface area contributed by atoms with Crippen molar-refractivity contribution in [2.75, 3.05) is 7.05 Å². The fourth-order valence-corrected chi connectivity index (χ4v) is 2.05. The topological polar surface area (TPSA) is 92.5 Å². The first-order chi connectivity index (χ1) is 9.40. The van der Waals surface area contributed by atoms with Gasteiger partial charge in [-0.3, -0.25) is 19.3 Å². The van der Waals surface area contributed by atoms with Crippen molar-refractivity contribution in [2.24, 2.45) is 5.73 Å². The standard InChI is InChI=1S/C14H17N3O3/c1-8-3-5-9(6-4-8)12(15)13(19)16-10-7-11(18)17(2)14(10)20/h3-6,10,12H,7,15H2,1-2H3,(H,16,19). The summed E-state index contributed by atoms with van der Waals surface area (Å²) in [5.74, 6) is -1.17. The number of carbonyl (C=O) groups excluding carboxylic acids is 3. The van der Waals surface area contributed by atoms with Crippen LogP contribution in [0.1, 0.15) is 23.6 Å². The van der Waals surface area contributed by atoms with Crippen molar-refractivity contribution in [1.29, 1.82) is 0 Å². The number of carbonyl (C=O) groups is 3. The molecule has 2 unspecified atom stereocenters. The molecule has 2 rings (SSSR count). The van der Waals surface area contributed by atoms with Gasteiger partial charge in [-0.15, -0.1) is 0 Å². The smallest absolute Gasteiger partial charge is 0.252 e. The lowest BCUT2D eigenvalue weighted by molar-refractivity contribution is -0.138. The van der Waals surface area contributed by atoms with Gasteiger partial charge in [0.2, 0.25) is 11.8 Å². The number of aryl methyl sites for hydroxylation is 1. The van der Waals surface area contributed by atoms with Gasteiger partial charge in [-0.05, 0) is 12.5 Å². The summed E-state index contributed by atoms with van der Waals surface area (Å²) in [6.45, 7) is 1.94. The summed E-state index contributed by atoms with van der Waals surface area (Å²) in [5, 5.41) is 2.53. The van der Waals surface area contributed by atoms with Crippen molar-refractivity contribution in [3.05, 3.63) is 35.4 Å². The first-order valence-corrected chi connectivity index (χ1v) is 6.33. The maximum absolute atomic E-state index is 12.0. The monoisotopic (exact) mass is 275 g/mol. The fraction of sp³-hybridized carbons (Fsp3) is 0.357. The highest BCUT2D eigenvalue weighted by atomic mass is 16.2. The lowest BCUT2D eigenvalue weighted by Gasteiger charge is -2.16. The van der Waals surface area contributed by atoms with Crippen molar-refractivity contribution < 1.29 is 14.4 Å². The number of likely N-dealkylation sites (tertiary alicyclic amines) is 1. The maximum atomic E-state index is 12.0. The molecule has 6 heteroatoms. The van der Waals surface area contributed by atoms with E-state index in [1.807, 2.05) is 19.1 Å². The average Bonchev–Trinajstić information content (AvgIpc) is 2.66. The van der Waals surface area contributed by atoms with E-state index in [2.05, 4.69) is 5.32 Å². The third-order valence-electron chi connectivity index (χ3n) is 3.42. The van der Waals surface area contributed by atoms with Crippen molar-refractivity contribution in [3.63, 3.8) is 0 Å². The van der Waals surface area contributed by atoms with Gasteiger partial charge in [0.05, 0.1) is 6.42 Å². The summed E-state index contributed by atoms with van der Waals surface area (Å²) in [4.78, 5) is 36.1. The molecule has 1 aliphatic heterocycles. The number of rotatable bonds is 3. The number of likely N-dealkylation sites (N-methyl/N-ethyl adjacent to an activating group) is 1. The Kier molecular flexibility index (Phi) is 3.85. The number of hydrogen-bond acceptors (Lipinski definition) is 4. The molecule has 1 fully saturated rings. The van der Waals surface area contributed by atoms with Crippen LogP contribution < -0.4 is 11.1 Å². The van der Waals surface area contributed by atoms with E-state index in [9.17, 15) is 14.4 Å². The van der Waals surface area contributed by atoms with Crippen LogP contribution >= 0.6 is 0 Å². The first-order valence-electron chi connectivity index (χ1n) is 6.33. The van der Waals surface area contributed by atoms with E-state index in [0.717, 1.165) is 10.5 Å². The summed E-state index contributed by atoms with van der Waals surface area (Å²) >= 11 is 0. The molecule has 1 aromatic carbocycles. The lowest BCUT2D eigenvalue weighted by Crippen LogP contribution is -2.44. The zero-order chi connectivity index (χ0) is 14.9. The van der Waals surface area contributed by atoms with Crippen LogP contribution in [-0.2, 0) is 14.4 Å². The Balaban J connectivity index is 2.03. The Bertz CT molecular complexity index is 553. The van der Waals surface area contributed by atoms with Gasteiger partial charge in [0.25, 0.3) is 5.91 Å². The molecule has 0 bridgehead atoms. The number of nitrogens with two attached hydrogens (primary N) is 1. The first kappa shape index (κ1) is 14.2. The number of hydrogen-bond donors (Lipinski definition) is 2. The predicted molar refractivity (Wildman–Crippen MR) is 72.4 cm³/mol. The molecule has 0 aliphatic carbocycles. The van der Waals surface area contributed by atoms with E-state index in [1.54, 1.807) is 12.1 Å². The van der Waals surface area contributed by atoms with E-state index >= 15 is 0 Å². The molecule has 0 radical (unpaired) electrons. The van der Waals surface area contributed by atoms with Crippen molar-refractivity contribution >= 4 is 17.7 Å². The molecule has 106 valence electrons. The zero-order valence-corrected chi connectivity index (χ0v) is 11.4. The molecular weight excluding hydrogens is 258 g/mol. The van der Waals surface area contributed by atoms with E-state index < -0.39 is 23.9 Å². The van der Waals surface area contributed by atoms with Crippen LogP contribution in [0.4, 0.5) is 0 Å². The van der Waals surface area contributed by atoms with E-state index in [1.165, 1.54) is 7.05 Å². The van der Waals surface area contributed by atoms with Crippen molar-refractivity contribution in [1.82, 2.24) is 10.2 Å². The summed E-state index contributed by atoms with van der Waals surface area (Å²) in [7, 11) is 1.40. The molecule has 2 atom stereocenters. The number of imide groups is 1. The lowest BCUT2D eigenvalue weighted by atomic mass is 10.0. The number of nitrogens with zero attached hydrogens (tertiary/aromatic N) is 1. The molecule has 1 aliphatic rings. The maximum Gasteiger partial charge on any atom is 0.252 e. The Morgan fingerprint density at radius 3 is 2.45 bits per heavy atom. The van der Waals surface area contributed by atoms with Crippen LogP contribution in [0.25, 0.3) is 0 Å². The van der Waals surface area contributed by atoms with Gasteiger partial charge in [0.1, 0.15) is 12.1 Å². The molecule has 3 N–H and O–H groups in total. The Morgan fingerprint density at radius 1 is 1.35 bits per heavy atom. The molecule has 20 heavy (non-hydrogen) atoms. The molecular formula is C14H17N3O3. The van der Waals surface area contributed by atoms with Crippen molar-refractivity contribution in [3.8, 4) is 0 Å². The van der Waals surface area contributed by atoms with Crippen LogP contribution in [0.3, 0.4) is 0 Å². The Hall–Kier alpha value is -2.21. The van der Waals surface area contributed by atoms with E-state index in [4.69, 9.17) is 5.73 Å². The quantitative estimate of drug-likeness (QED) is 0.751. The molecule has 1 saturated heterocycles. The van der Waals surface area contributed by atoms with Gasteiger partial charge in [-0.1, -0.05) is 29.8 Å². The number of amides is 3. The molecule has 6 nitrogen and oxygen atoms in total. The third kappa shape index (κ3) is 2.70. The van der Waals surface area contributed by atoms with E-state index in [0.29, 0.717) is 5.56 Å². The molecule has 1 aromatic rings. The second-order valence-corrected chi connectivity index (χ2v) is 4.94. The van der Waals surface area contributed by atoms with Crippen LogP contribution in [0.2, 0.25) is 0 Å². The molecule has 0 spiro atoms. The SMILES string of the molecule is Cc1ccc(C(N)C(=O)NC2CC(=O)N(C)C2=O)cc1. The summed E-state index contributed by atoms with van der Waals surface area (Å²) < 4.78 is 0. The second kappa shape index (κ2) is 5.42. The van der Waals surface area contributed by atoms with Crippen LogP contribution in [0, 0.1) is 6.92 Å². The van der Waals surface area contributed by atoms with Crippen LogP contribution in [-0.4, -0.2) is 35.7 Å². The predicted octanol–water partition coefficient (Wildman–Crippen LogP) is -0.132. The normalized spacial score (nSPS) is 20.1. The van der Waals surface area contributed by atoms with Crippen LogP contribution in [0.5, 0.6) is 0 Å². The van der Waals surface area contributed by atoms with Gasteiger partial charge >= 0.3 is 0 Å². The zero-order valence-electron chi connectivity index (χ0n) is 11.4. The summed E-state index contributed by atoms with van der Waals surface area (Å²) in [6, 6.07) is 5.60. The van der Waals surface area contributed by atoms with E-state index in [-0.39, 0.29) is 12.3 Å². The molecule has 0 saturated carbocycles. The van der Waals surface area contributed by atoms with Gasteiger partial charge in [-0.2, -0.15) is 0 Å². The molecule has 1 heterocycles. The van der Waals surface area contributed by atoms with Gasteiger partial charge in [0.15, 0.2) is 0 Å². The van der Waals surface area contributed by atoms with Crippen molar-refractivity contribution in [2.45, 2.75) is 25.4 Å². The summed E-state index contributed by atoms with van der Waals surface area (Å²) in [5.41, 5.74) is 7.59. The minimum atomic E-state index is -0.857. The highest BCUT2D eigenvalue weighted by Gasteiger charge is 2.37. The van der Waals surface area contributed by atoms with Gasteiger partial charge < -0.3 is 11.1 Å². The highest BCUT2D eigenvalue weighted by molar-refractivity contribution is 6.06. The molecule has 0 aromatic heterocycles. The Morgan fingerprint density at radius 2 is 1.95 bits per heavy atom. The van der Waals surface area contributed by atoms with Crippen LogP contribution in [0.15, 0.2) is 24.3 Å². The highest BCUT2D eigenvalue weighted by Crippen LogP contribution is 2.14. The summed E-state index contributed by atoms with van der Waals surface area (Å²) in [6.07, 6.45) is -0.0122. The average molecular weight is 275 g/mol. The second-order valence-electron chi connectivity index (χ2n) is 4.94. The minimum Gasteiger partial charge on any atom is -0.342 e. The Labute approximate surface area is 116 Å². The molecule has 3 amide bonds. The number of benzene rings is 1. The number of nitrogens with one attached hydrogen (secondary N) is 1. The van der Waals surface area contributed by atoms with Gasteiger partial charge in [-0.25, -0.2) is 0 Å². The van der Waals surface area contributed by atoms with Gasteiger partial charge in [0, 0.05) is 7.05 Å². The third-order valence-corrected chi connectivity index (χ3v) is 3.42. The minimum absolute atomic E-state index is 0.0122.